The summed E-state index contributed by atoms with van der Waals surface area (Å²) in [4.78, 5) is 7.83. The lowest BCUT2D eigenvalue weighted by atomic mass is 10.2. The van der Waals surface area contributed by atoms with E-state index in [1.165, 1.54) is 12.5 Å². The van der Waals surface area contributed by atoms with Crippen LogP contribution in [0.2, 0.25) is 0 Å². The van der Waals surface area contributed by atoms with Gasteiger partial charge in [-0.2, -0.15) is 10.1 Å². The summed E-state index contributed by atoms with van der Waals surface area (Å²) in [6.45, 7) is 0. The number of hydrogen-bond acceptors (Lipinski definition) is 5. The van der Waals surface area contributed by atoms with Crippen molar-refractivity contribution in [3.63, 3.8) is 0 Å². The minimum absolute atomic E-state index is 0.129. The summed E-state index contributed by atoms with van der Waals surface area (Å²) in [5, 5.41) is 15.8. The smallest absolute Gasteiger partial charge is 0.245 e. The Kier molecular flexibility index (Phi) is 2.81. The van der Waals surface area contributed by atoms with Crippen LogP contribution in [-0.4, -0.2) is 33.6 Å². The summed E-state index contributed by atoms with van der Waals surface area (Å²) in [5.74, 6) is 1.16. The minimum Gasteiger partial charge on any atom is -0.507 e. The van der Waals surface area contributed by atoms with E-state index < -0.39 is 0 Å². The SMILES string of the molecule is COc1ccc(O)c(C=Nc2ncn[nH]2)c1. The van der Waals surface area contributed by atoms with E-state index in [0.717, 1.165) is 0 Å². The number of nitrogens with zero attached hydrogens (tertiary/aromatic N) is 3. The quantitative estimate of drug-likeness (QED) is 0.760. The summed E-state index contributed by atoms with van der Waals surface area (Å²) in [5.41, 5.74) is 0.552. The lowest BCUT2D eigenvalue weighted by molar-refractivity contribution is 0.412. The van der Waals surface area contributed by atoms with Crippen molar-refractivity contribution in [2.24, 2.45) is 4.99 Å². The molecule has 0 unspecified atom stereocenters. The third-order valence-electron chi connectivity index (χ3n) is 1.96. The molecule has 0 saturated heterocycles. The number of phenols is 1. The van der Waals surface area contributed by atoms with Crippen LogP contribution in [0, 0.1) is 0 Å². The second-order valence-electron chi connectivity index (χ2n) is 2.99. The van der Waals surface area contributed by atoms with Gasteiger partial charge in [0.1, 0.15) is 17.8 Å². The maximum absolute atomic E-state index is 9.57. The fraction of sp³-hybridized carbons (Fsp3) is 0.100. The maximum Gasteiger partial charge on any atom is 0.245 e. The van der Waals surface area contributed by atoms with Crippen molar-refractivity contribution >= 4 is 12.2 Å². The van der Waals surface area contributed by atoms with Gasteiger partial charge in [-0.1, -0.05) is 0 Å². The van der Waals surface area contributed by atoms with Crippen molar-refractivity contribution in [3.05, 3.63) is 30.1 Å². The molecule has 0 aliphatic heterocycles. The molecule has 0 radical (unpaired) electrons. The standard InChI is InChI=1S/C10H10N4O2/c1-16-8-2-3-9(15)7(4-8)5-11-10-12-6-13-14-10/h2-6,15H,1H3,(H,12,13,14). The van der Waals surface area contributed by atoms with Crippen molar-refractivity contribution in [2.45, 2.75) is 0 Å². The lowest BCUT2D eigenvalue weighted by Crippen LogP contribution is -1.87. The van der Waals surface area contributed by atoms with E-state index in [9.17, 15) is 5.11 Å². The number of aromatic amines is 1. The highest BCUT2D eigenvalue weighted by Crippen LogP contribution is 2.21. The number of aromatic nitrogens is 3. The molecule has 2 N–H and O–H groups in total. The number of aliphatic imine (C=N–C) groups is 1. The number of aromatic hydroxyl groups is 1. The molecular weight excluding hydrogens is 208 g/mol. The number of ether oxygens (including phenoxy) is 1. The summed E-state index contributed by atoms with van der Waals surface area (Å²) in [7, 11) is 1.56. The Bertz CT molecular complexity index is 494. The maximum atomic E-state index is 9.57. The minimum atomic E-state index is 0.129. The van der Waals surface area contributed by atoms with Gasteiger partial charge >= 0.3 is 0 Å². The predicted molar refractivity (Wildman–Crippen MR) is 58.3 cm³/mol. The fourth-order valence-corrected chi connectivity index (χ4v) is 1.15. The fourth-order valence-electron chi connectivity index (χ4n) is 1.15. The van der Waals surface area contributed by atoms with E-state index in [0.29, 0.717) is 17.3 Å². The molecule has 2 aromatic rings. The normalized spacial score (nSPS) is 10.8. The Balaban J connectivity index is 2.26. The first-order chi connectivity index (χ1) is 7.79. The predicted octanol–water partition coefficient (Wildman–Crippen LogP) is 1.27. The van der Waals surface area contributed by atoms with E-state index in [-0.39, 0.29) is 5.75 Å². The first-order valence-electron chi connectivity index (χ1n) is 4.56. The van der Waals surface area contributed by atoms with Crippen LogP contribution in [0.25, 0.3) is 0 Å². The number of H-pyrrole nitrogens is 1. The van der Waals surface area contributed by atoms with Crippen molar-refractivity contribution in [1.29, 1.82) is 0 Å². The topological polar surface area (TPSA) is 83.4 Å². The average Bonchev–Trinajstić information content (AvgIpc) is 2.81. The van der Waals surface area contributed by atoms with Gasteiger partial charge in [0, 0.05) is 11.8 Å². The Labute approximate surface area is 91.6 Å². The number of benzene rings is 1. The van der Waals surface area contributed by atoms with Crippen LogP contribution >= 0.6 is 0 Å². The van der Waals surface area contributed by atoms with Crippen LogP contribution in [0.4, 0.5) is 5.95 Å². The Morgan fingerprint density at radius 3 is 3.06 bits per heavy atom. The van der Waals surface area contributed by atoms with Gasteiger partial charge in [0.2, 0.25) is 5.95 Å². The monoisotopic (exact) mass is 218 g/mol. The second-order valence-corrected chi connectivity index (χ2v) is 2.99. The molecule has 1 aromatic heterocycles. The Morgan fingerprint density at radius 2 is 2.38 bits per heavy atom. The summed E-state index contributed by atoms with van der Waals surface area (Å²) in [6, 6.07) is 4.89. The number of hydrogen-bond donors (Lipinski definition) is 2. The third-order valence-corrected chi connectivity index (χ3v) is 1.96. The van der Waals surface area contributed by atoms with Gasteiger partial charge in [-0.05, 0) is 18.2 Å². The van der Waals surface area contributed by atoms with Crippen molar-refractivity contribution in [2.75, 3.05) is 7.11 Å². The Morgan fingerprint density at radius 1 is 1.50 bits per heavy atom. The highest BCUT2D eigenvalue weighted by atomic mass is 16.5. The molecule has 0 fully saturated rings. The number of phenolic OH excluding ortho intramolecular Hbond substituents is 1. The number of nitrogens with one attached hydrogen (secondary N) is 1. The first kappa shape index (κ1) is 10.2. The molecule has 1 heterocycles. The number of rotatable bonds is 3. The van der Waals surface area contributed by atoms with Gasteiger partial charge in [0.05, 0.1) is 7.11 Å². The second kappa shape index (κ2) is 4.43. The molecule has 0 amide bonds. The van der Waals surface area contributed by atoms with Gasteiger partial charge < -0.3 is 9.84 Å². The van der Waals surface area contributed by atoms with Crippen molar-refractivity contribution in [1.82, 2.24) is 15.2 Å². The molecule has 0 spiro atoms. The summed E-state index contributed by atoms with van der Waals surface area (Å²) >= 11 is 0. The molecule has 6 nitrogen and oxygen atoms in total. The number of methoxy groups -OCH3 is 1. The molecular formula is C10H10N4O2. The molecule has 0 atom stereocenters. The molecule has 1 aromatic carbocycles. The molecule has 0 aliphatic rings. The van der Waals surface area contributed by atoms with Gasteiger partial charge in [0.15, 0.2) is 0 Å². The van der Waals surface area contributed by atoms with E-state index in [4.69, 9.17) is 4.74 Å². The summed E-state index contributed by atoms with van der Waals surface area (Å²) in [6.07, 6.45) is 2.84. The lowest BCUT2D eigenvalue weighted by Gasteiger charge is -2.02. The van der Waals surface area contributed by atoms with E-state index in [2.05, 4.69) is 20.2 Å². The largest absolute Gasteiger partial charge is 0.507 e. The van der Waals surface area contributed by atoms with Crippen molar-refractivity contribution in [3.8, 4) is 11.5 Å². The molecule has 82 valence electrons. The zero-order valence-electron chi connectivity index (χ0n) is 8.58. The zero-order valence-corrected chi connectivity index (χ0v) is 8.58. The average molecular weight is 218 g/mol. The van der Waals surface area contributed by atoms with Crippen LogP contribution in [0.15, 0.2) is 29.5 Å². The highest BCUT2D eigenvalue weighted by Gasteiger charge is 2.00. The van der Waals surface area contributed by atoms with Gasteiger partial charge in [-0.25, -0.2) is 10.1 Å². The molecule has 0 bridgehead atoms. The first-order valence-corrected chi connectivity index (χ1v) is 4.56. The van der Waals surface area contributed by atoms with Gasteiger partial charge in [0.25, 0.3) is 0 Å². The van der Waals surface area contributed by atoms with E-state index >= 15 is 0 Å². The molecule has 0 aliphatic carbocycles. The molecule has 6 heteroatoms. The van der Waals surface area contributed by atoms with Crippen LogP contribution in [-0.2, 0) is 0 Å². The van der Waals surface area contributed by atoms with Crippen LogP contribution in [0.3, 0.4) is 0 Å². The van der Waals surface area contributed by atoms with Crippen LogP contribution in [0.5, 0.6) is 11.5 Å². The zero-order chi connectivity index (χ0) is 11.4. The van der Waals surface area contributed by atoms with E-state index in [1.54, 1.807) is 25.3 Å². The van der Waals surface area contributed by atoms with Crippen molar-refractivity contribution < 1.29 is 9.84 Å². The van der Waals surface area contributed by atoms with Gasteiger partial charge in [-0.3, -0.25) is 0 Å². The molecule has 16 heavy (non-hydrogen) atoms. The Hall–Kier alpha value is -2.37. The van der Waals surface area contributed by atoms with Gasteiger partial charge in [-0.15, -0.1) is 0 Å². The molecule has 2 rings (SSSR count). The van der Waals surface area contributed by atoms with Crippen LogP contribution in [0.1, 0.15) is 5.56 Å². The summed E-state index contributed by atoms with van der Waals surface area (Å²) < 4.78 is 5.04. The molecule has 0 saturated carbocycles. The highest BCUT2D eigenvalue weighted by molar-refractivity contribution is 5.85. The third kappa shape index (κ3) is 2.17. The van der Waals surface area contributed by atoms with Crippen LogP contribution < -0.4 is 4.74 Å². The van der Waals surface area contributed by atoms with E-state index in [1.807, 2.05) is 0 Å².